The van der Waals surface area contributed by atoms with Crippen molar-refractivity contribution < 1.29 is 4.79 Å². The molecule has 0 aromatic carbocycles. The first-order valence-electron chi connectivity index (χ1n) is 5.63. The van der Waals surface area contributed by atoms with Crippen LogP contribution in [0.15, 0.2) is 0 Å². The number of hydrogen-bond acceptors (Lipinski definition) is 1. The van der Waals surface area contributed by atoms with Gasteiger partial charge in [0.1, 0.15) is 5.78 Å². The van der Waals surface area contributed by atoms with Crippen LogP contribution >= 0.6 is 0 Å². The maximum absolute atomic E-state index is 11.6. The predicted molar refractivity (Wildman–Crippen MR) is 55.7 cm³/mol. The number of carbonyl (C=O) groups is 1. The fourth-order valence-electron chi connectivity index (χ4n) is 2.49. The average molecular weight is 182 g/mol. The van der Waals surface area contributed by atoms with E-state index in [-0.39, 0.29) is 5.92 Å². The molecule has 1 aliphatic carbocycles. The van der Waals surface area contributed by atoms with Crippen LogP contribution in [0.4, 0.5) is 0 Å². The molecule has 13 heavy (non-hydrogen) atoms. The summed E-state index contributed by atoms with van der Waals surface area (Å²) in [6.45, 7) is 6.40. The third-order valence-corrected chi connectivity index (χ3v) is 3.87. The van der Waals surface area contributed by atoms with Gasteiger partial charge in [-0.05, 0) is 18.3 Å². The van der Waals surface area contributed by atoms with Gasteiger partial charge in [-0.3, -0.25) is 4.79 Å². The Morgan fingerprint density at radius 3 is 2.31 bits per heavy atom. The molecule has 0 aromatic heterocycles. The lowest BCUT2D eigenvalue weighted by Crippen LogP contribution is -2.33. The van der Waals surface area contributed by atoms with Gasteiger partial charge in [-0.15, -0.1) is 0 Å². The van der Waals surface area contributed by atoms with Gasteiger partial charge in [0.15, 0.2) is 0 Å². The largest absolute Gasteiger partial charge is 0.299 e. The van der Waals surface area contributed by atoms with Gasteiger partial charge in [-0.1, -0.05) is 40.0 Å². The van der Waals surface area contributed by atoms with E-state index in [1.807, 2.05) is 6.92 Å². The molecule has 1 fully saturated rings. The molecule has 0 bridgehead atoms. The Morgan fingerprint density at radius 1 is 1.31 bits per heavy atom. The summed E-state index contributed by atoms with van der Waals surface area (Å²) in [6, 6.07) is 0. The van der Waals surface area contributed by atoms with Crippen LogP contribution < -0.4 is 0 Å². The van der Waals surface area contributed by atoms with Gasteiger partial charge in [-0.2, -0.15) is 0 Å². The van der Waals surface area contributed by atoms with E-state index in [1.165, 1.54) is 32.1 Å². The minimum atomic E-state index is 0.276. The van der Waals surface area contributed by atoms with E-state index in [0.717, 1.165) is 0 Å². The lowest BCUT2D eigenvalue weighted by molar-refractivity contribution is -0.126. The summed E-state index contributed by atoms with van der Waals surface area (Å²) in [6.07, 6.45) is 7.20. The van der Waals surface area contributed by atoms with Crippen molar-refractivity contribution in [3.63, 3.8) is 0 Å². The smallest absolute Gasteiger partial charge is 0.135 e. The first-order chi connectivity index (χ1) is 6.10. The topological polar surface area (TPSA) is 17.1 Å². The normalized spacial score (nSPS) is 23.9. The maximum atomic E-state index is 11.6. The number of carbonyl (C=O) groups excluding carboxylic acids is 1. The highest BCUT2D eigenvalue weighted by Crippen LogP contribution is 2.42. The Morgan fingerprint density at radius 2 is 1.85 bits per heavy atom. The molecule has 1 saturated carbocycles. The fraction of sp³-hybridized carbons (Fsp3) is 0.917. The van der Waals surface area contributed by atoms with Crippen molar-refractivity contribution in [2.45, 2.75) is 59.3 Å². The summed E-state index contributed by atoms with van der Waals surface area (Å²) < 4.78 is 0. The van der Waals surface area contributed by atoms with Crippen molar-refractivity contribution >= 4 is 5.78 Å². The van der Waals surface area contributed by atoms with Crippen molar-refractivity contribution in [2.24, 2.45) is 11.3 Å². The summed E-state index contributed by atoms with van der Waals surface area (Å²) >= 11 is 0. The van der Waals surface area contributed by atoms with E-state index < -0.39 is 0 Å². The number of hydrogen-bond donors (Lipinski definition) is 0. The number of rotatable bonds is 3. The van der Waals surface area contributed by atoms with Crippen molar-refractivity contribution in [1.82, 2.24) is 0 Å². The first kappa shape index (κ1) is 10.7. The van der Waals surface area contributed by atoms with Gasteiger partial charge in [0, 0.05) is 12.3 Å². The van der Waals surface area contributed by atoms with Gasteiger partial charge in [-0.25, -0.2) is 0 Å². The van der Waals surface area contributed by atoms with E-state index in [4.69, 9.17) is 0 Å². The van der Waals surface area contributed by atoms with Crippen LogP contribution in [0.5, 0.6) is 0 Å². The van der Waals surface area contributed by atoms with Crippen LogP contribution in [0.3, 0.4) is 0 Å². The van der Waals surface area contributed by atoms with E-state index >= 15 is 0 Å². The molecular formula is C12H22O. The predicted octanol–water partition coefficient (Wildman–Crippen LogP) is 3.57. The highest BCUT2D eigenvalue weighted by atomic mass is 16.1. The van der Waals surface area contributed by atoms with E-state index in [1.54, 1.807) is 0 Å². The second-order valence-corrected chi connectivity index (χ2v) is 4.76. The monoisotopic (exact) mass is 182 g/mol. The van der Waals surface area contributed by atoms with Gasteiger partial charge in [0.25, 0.3) is 0 Å². The standard InChI is InChI=1S/C12H22O/c1-4-11(13)10(2)12(3)8-6-5-7-9-12/h10H,4-9H2,1-3H3. The Hall–Kier alpha value is -0.330. The Bertz CT molecular complexity index is 178. The van der Waals surface area contributed by atoms with Crippen LogP contribution in [0.2, 0.25) is 0 Å². The molecular weight excluding hydrogens is 160 g/mol. The molecule has 0 heterocycles. The van der Waals surface area contributed by atoms with Crippen molar-refractivity contribution in [2.75, 3.05) is 0 Å². The number of Topliss-reactive ketones (excluding diaryl/α,β-unsaturated/α-hetero) is 1. The molecule has 0 radical (unpaired) electrons. The van der Waals surface area contributed by atoms with E-state index in [2.05, 4.69) is 13.8 Å². The third-order valence-electron chi connectivity index (χ3n) is 3.87. The van der Waals surface area contributed by atoms with Gasteiger partial charge < -0.3 is 0 Å². The lowest BCUT2D eigenvalue weighted by atomic mass is 9.66. The Kier molecular flexibility index (Phi) is 3.52. The molecule has 0 aliphatic heterocycles. The summed E-state index contributed by atoms with van der Waals surface area (Å²) in [5.74, 6) is 0.724. The molecule has 1 aliphatic rings. The van der Waals surface area contributed by atoms with Crippen LogP contribution in [0, 0.1) is 11.3 Å². The molecule has 0 spiro atoms. The van der Waals surface area contributed by atoms with Crippen LogP contribution in [0.1, 0.15) is 59.3 Å². The zero-order valence-electron chi connectivity index (χ0n) is 9.23. The van der Waals surface area contributed by atoms with Crippen LogP contribution in [-0.4, -0.2) is 5.78 Å². The van der Waals surface area contributed by atoms with Crippen molar-refractivity contribution in [3.05, 3.63) is 0 Å². The highest BCUT2D eigenvalue weighted by Gasteiger charge is 2.35. The molecule has 0 aromatic rings. The van der Waals surface area contributed by atoms with Gasteiger partial charge in [0.05, 0.1) is 0 Å². The van der Waals surface area contributed by atoms with Crippen LogP contribution in [-0.2, 0) is 4.79 Å². The quantitative estimate of drug-likeness (QED) is 0.652. The van der Waals surface area contributed by atoms with Crippen molar-refractivity contribution in [3.8, 4) is 0 Å². The Labute approximate surface area is 81.9 Å². The minimum absolute atomic E-state index is 0.276. The molecule has 0 N–H and O–H groups in total. The third kappa shape index (κ3) is 2.32. The molecule has 1 rings (SSSR count). The SMILES string of the molecule is CCC(=O)C(C)C1(C)CCCCC1. The van der Waals surface area contributed by atoms with E-state index in [0.29, 0.717) is 17.6 Å². The molecule has 76 valence electrons. The molecule has 0 amide bonds. The second kappa shape index (κ2) is 4.26. The zero-order chi connectivity index (χ0) is 9.90. The molecule has 1 unspecified atom stereocenters. The van der Waals surface area contributed by atoms with Crippen molar-refractivity contribution in [1.29, 1.82) is 0 Å². The molecule has 1 atom stereocenters. The summed E-state index contributed by atoms with van der Waals surface area (Å²) in [5.41, 5.74) is 0.311. The maximum Gasteiger partial charge on any atom is 0.135 e. The lowest BCUT2D eigenvalue weighted by Gasteiger charge is -2.38. The number of ketones is 1. The first-order valence-corrected chi connectivity index (χ1v) is 5.63. The summed E-state index contributed by atoms with van der Waals surface area (Å²) in [4.78, 5) is 11.6. The fourth-order valence-corrected chi connectivity index (χ4v) is 2.49. The highest BCUT2D eigenvalue weighted by molar-refractivity contribution is 5.81. The van der Waals surface area contributed by atoms with E-state index in [9.17, 15) is 4.79 Å². The van der Waals surface area contributed by atoms with Gasteiger partial charge >= 0.3 is 0 Å². The summed E-state index contributed by atoms with van der Waals surface area (Å²) in [7, 11) is 0. The molecule has 1 nitrogen and oxygen atoms in total. The molecule has 0 saturated heterocycles. The minimum Gasteiger partial charge on any atom is -0.299 e. The van der Waals surface area contributed by atoms with Crippen LogP contribution in [0.25, 0.3) is 0 Å². The Balaban J connectivity index is 2.61. The molecule has 1 heteroatoms. The zero-order valence-corrected chi connectivity index (χ0v) is 9.23. The second-order valence-electron chi connectivity index (χ2n) is 4.76. The average Bonchev–Trinajstić information content (AvgIpc) is 2.16. The summed E-state index contributed by atoms with van der Waals surface area (Å²) in [5, 5.41) is 0. The van der Waals surface area contributed by atoms with Gasteiger partial charge in [0.2, 0.25) is 0 Å².